The Balaban J connectivity index is 1.82. The van der Waals surface area contributed by atoms with Gasteiger partial charge in [0.1, 0.15) is 5.71 Å². The summed E-state index contributed by atoms with van der Waals surface area (Å²) in [5.41, 5.74) is 3.16. The minimum atomic E-state index is -0.00562. The first-order valence-corrected chi connectivity index (χ1v) is 6.93. The first-order valence-electron chi connectivity index (χ1n) is 6.93. The van der Waals surface area contributed by atoms with E-state index in [4.69, 9.17) is 0 Å². The summed E-state index contributed by atoms with van der Waals surface area (Å²) in [6, 6.07) is 17.1. The maximum absolute atomic E-state index is 12.5. The molecule has 0 atom stereocenters. The molecule has 0 unspecified atom stereocenters. The molecule has 3 rings (SSSR count). The van der Waals surface area contributed by atoms with Gasteiger partial charge in [0.05, 0.1) is 6.54 Å². The Kier molecular flexibility index (Phi) is 3.69. The molecule has 0 saturated carbocycles. The van der Waals surface area contributed by atoms with E-state index in [9.17, 15) is 10.0 Å². The second kappa shape index (κ2) is 5.79. The lowest BCUT2D eigenvalue weighted by Gasteiger charge is -2.28. The Morgan fingerprint density at radius 3 is 2.57 bits per heavy atom. The molecule has 1 N–H and O–H groups in total. The maximum Gasteiger partial charge on any atom is 0.254 e. The number of oxime groups is 1. The summed E-state index contributed by atoms with van der Waals surface area (Å²) in [4.78, 5) is 14.2. The largest absolute Gasteiger partial charge is 0.411 e. The van der Waals surface area contributed by atoms with Crippen molar-refractivity contribution in [1.82, 2.24) is 4.90 Å². The Hall–Kier alpha value is -2.62. The zero-order chi connectivity index (χ0) is 14.7. The lowest BCUT2D eigenvalue weighted by atomic mass is 9.98. The molecule has 0 aromatic heterocycles. The fourth-order valence-corrected chi connectivity index (χ4v) is 2.62. The highest BCUT2D eigenvalue weighted by Crippen LogP contribution is 2.19. The Morgan fingerprint density at radius 1 is 1.10 bits per heavy atom. The topological polar surface area (TPSA) is 52.9 Å². The van der Waals surface area contributed by atoms with Gasteiger partial charge in [0.25, 0.3) is 5.91 Å². The zero-order valence-electron chi connectivity index (χ0n) is 11.6. The third-order valence-corrected chi connectivity index (χ3v) is 3.75. The third kappa shape index (κ3) is 2.65. The first kappa shape index (κ1) is 13.4. The Bertz CT molecular complexity index is 680. The molecule has 0 bridgehead atoms. The molecular weight excluding hydrogens is 264 g/mol. The van der Waals surface area contributed by atoms with E-state index in [1.807, 2.05) is 54.6 Å². The molecule has 0 spiro atoms. The van der Waals surface area contributed by atoms with Crippen LogP contribution < -0.4 is 0 Å². The van der Waals surface area contributed by atoms with Gasteiger partial charge in [0, 0.05) is 17.7 Å². The van der Waals surface area contributed by atoms with E-state index >= 15 is 0 Å². The number of carbonyl (C=O) groups excluding carboxylic acids is 1. The predicted molar refractivity (Wildman–Crippen MR) is 80.8 cm³/mol. The van der Waals surface area contributed by atoms with Crippen LogP contribution in [0.5, 0.6) is 0 Å². The van der Waals surface area contributed by atoms with Crippen molar-refractivity contribution in [1.29, 1.82) is 0 Å². The van der Waals surface area contributed by atoms with E-state index in [0.717, 1.165) is 23.1 Å². The minimum Gasteiger partial charge on any atom is -0.411 e. The van der Waals surface area contributed by atoms with Crippen LogP contribution in [0.1, 0.15) is 21.5 Å². The van der Waals surface area contributed by atoms with Gasteiger partial charge in [-0.2, -0.15) is 0 Å². The van der Waals surface area contributed by atoms with E-state index in [0.29, 0.717) is 18.8 Å². The summed E-state index contributed by atoms with van der Waals surface area (Å²) in [6.45, 7) is 0.954. The highest BCUT2D eigenvalue weighted by molar-refractivity contribution is 6.05. The summed E-state index contributed by atoms with van der Waals surface area (Å²) >= 11 is 0. The summed E-state index contributed by atoms with van der Waals surface area (Å²) in [5.74, 6) is -0.00562. The van der Waals surface area contributed by atoms with E-state index in [2.05, 4.69) is 5.16 Å². The summed E-state index contributed by atoms with van der Waals surface area (Å²) in [5, 5.41) is 12.6. The second-order valence-corrected chi connectivity index (χ2v) is 5.05. The monoisotopic (exact) mass is 280 g/mol. The lowest BCUT2D eigenvalue weighted by molar-refractivity contribution is 0.0764. The highest BCUT2D eigenvalue weighted by Gasteiger charge is 2.25. The van der Waals surface area contributed by atoms with Gasteiger partial charge in [-0.05, 0) is 18.1 Å². The maximum atomic E-state index is 12.5. The molecule has 1 amide bonds. The van der Waals surface area contributed by atoms with Crippen LogP contribution in [0.3, 0.4) is 0 Å². The molecular formula is C17H16N2O2. The number of hydrogen-bond donors (Lipinski definition) is 1. The molecule has 0 fully saturated rings. The molecule has 1 aliphatic rings. The van der Waals surface area contributed by atoms with Crippen molar-refractivity contribution in [3.05, 3.63) is 71.3 Å². The predicted octanol–water partition coefficient (Wildman–Crippen LogP) is 2.56. The quantitative estimate of drug-likeness (QED) is 0.533. The average Bonchev–Trinajstić information content (AvgIpc) is 2.55. The summed E-state index contributed by atoms with van der Waals surface area (Å²) < 4.78 is 0. The minimum absolute atomic E-state index is 0.00562. The molecule has 106 valence electrons. The van der Waals surface area contributed by atoms with Gasteiger partial charge in [0.2, 0.25) is 0 Å². The first-order chi connectivity index (χ1) is 10.3. The molecule has 1 aliphatic heterocycles. The van der Waals surface area contributed by atoms with Crippen molar-refractivity contribution in [3.8, 4) is 0 Å². The molecule has 1 heterocycles. The standard InChI is InChI=1S/C17H16N2O2/c20-17-15-9-5-4-6-13(15)10-11-19(17)12-16(18-21)14-7-2-1-3-8-14/h1-9,21H,10-12H2/b18-16-. The number of benzene rings is 2. The average molecular weight is 280 g/mol. The molecule has 0 saturated heterocycles. The van der Waals surface area contributed by atoms with Crippen molar-refractivity contribution in [2.45, 2.75) is 6.42 Å². The lowest BCUT2D eigenvalue weighted by Crippen LogP contribution is -2.41. The van der Waals surface area contributed by atoms with Gasteiger partial charge in [-0.25, -0.2) is 0 Å². The fraction of sp³-hybridized carbons (Fsp3) is 0.176. The smallest absolute Gasteiger partial charge is 0.254 e. The number of carbonyl (C=O) groups is 1. The molecule has 21 heavy (non-hydrogen) atoms. The van der Waals surface area contributed by atoms with Crippen LogP contribution in [0.25, 0.3) is 0 Å². The van der Waals surface area contributed by atoms with Crippen LogP contribution >= 0.6 is 0 Å². The van der Waals surface area contributed by atoms with Crippen molar-refractivity contribution in [3.63, 3.8) is 0 Å². The Labute approximate surface area is 123 Å². The normalized spacial score (nSPS) is 15.0. The van der Waals surface area contributed by atoms with Gasteiger partial charge >= 0.3 is 0 Å². The van der Waals surface area contributed by atoms with Crippen molar-refractivity contribution in [2.75, 3.05) is 13.1 Å². The van der Waals surface area contributed by atoms with Crippen LogP contribution in [-0.2, 0) is 6.42 Å². The molecule has 2 aromatic carbocycles. The molecule has 4 heteroatoms. The SMILES string of the molecule is O=C1c2ccccc2CCN1C/C(=N/O)c1ccccc1. The van der Waals surface area contributed by atoms with Crippen LogP contribution in [0.4, 0.5) is 0 Å². The highest BCUT2D eigenvalue weighted by atomic mass is 16.4. The number of nitrogens with zero attached hydrogens (tertiary/aromatic N) is 2. The van der Waals surface area contributed by atoms with E-state index in [-0.39, 0.29) is 5.91 Å². The van der Waals surface area contributed by atoms with Gasteiger partial charge in [0.15, 0.2) is 0 Å². The van der Waals surface area contributed by atoms with Crippen LogP contribution in [0.2, 0.25) is 0 Å². The van der Waals surface area contributed by atoms with Crippen LogP contribution in [0, 0.1) is 0 Å². The van der Waals surface area contributed by atoms with Crippen molar-refractivity contribution in [2.24, 2.45) is 5.16 Å². The van der Waals surface area contributed by atoms with Gasteiger partial charge < -0.3 is 10.1 Å². The van der Waals surface area contributed by atoms with Gasteiger partial charge in [-0.1, -0.05) is 53.7 Å². The Morgan fingerprint density at radius 2 is 1.81 bits per heavy atom. The second-order valence-electron chi connectivity index (χ2n) is 5.05. The van der Waals surface area contributed by atoms with Gasteiger partial charge in [-0.3, -0.25) is 4.79 Å². The van der Waals surface area contributed by atoms with Crippen molar-refractivity contribution < 1.29 is 10.0 Å². The number of hydrogen-bond acceptors (Lipinski definition) is 3. The van der Waals surface area contributed by atoms with Crippen LogP contribution in [-0.4, -0.2) is 34.8 Å². The molecule has 0 aliphatic carbocycles. The number of fused-ring (bicyclic) bond motifs is 1. The third-order valence-electron chi connectivity index (χ3n) is 3.75. The number of rotatable bonds is 3. The van der Waals surface area contributed by atoms with Crippen molar-refractivity contribution >= 4 is 11.6 Å². The molecule has 2 aromatic rings. The zero-order valence-corrected chi connectivity index (χ0v) is 11.6. The molecule has 4 nitrogen and oxygen atoms in total. The van der Waals surface area contributed by atoms with E-state index < -0.39 is 0 Å². The number of amides is 1. The van der Waals surface area contributed by atoms with Crippen LogP contribution in [0.15, 0.2) is 59.8 Å². The fourth-order valence-electron chi connectivity index (χ4n) is 2.62. The summed E-state index contributed by atoms with van der Waals surface area (Å²) in [7, 11) is 0. The van der Waals surface area contributed by atoms with E-state index in [1.54, 1.807) is 4.90 Å². The van der Waals surface area contributed by atoms with Gasteiger partial charge in [-0.15, -0.1) is 0 Å². The summed E-state index contributed by atoms with van der Waals surface area (Å²) in [6.07, 6.45) is 0.829. The molecule has 0 radical (unpaired) electrons. The van der Waals surface area contributed by atoms with E-state index in [1.165, 1.54) is 0 Å².